The van der Waals surface area contributed by atoms with Crippen molar-refractivity contribution in [3.8, 4) is 5.75 Å². The SMILES string of the molecule is CC(=O)c1ccc(F)cc1OCC1(CBr)CCCCC1. The second-order valence-corrected chi connectivity index (χ2v) is 6.24. The van der Waals surface area contributed by atoms with Gasteiger partial charge in [0.15, 0.2) is 5.78 Å². The summed E-state index contributed by atoms with van der Waals surface area (Å²) < 4.78 is 19.2. The molecule has 1 aromatic carbocycles. The highest BCUT2D eigenvalue weighted by atomic mass is 79.9. The van der Waals surface area contributed by atoms with E-state index in [1.807, 2.05) is 0 Å². The second kappa shape index (κ2) is 6.70. The van der Waals surface area contributed by atoms with E-state index in [2.05, 4.69) is 15.9 Å². The van der Waals surface area contributed by atoms with Crippen molar-refractivity contribution in [1.29, 1.82) is 0 Å². The molecule has 1 fully saturated rings. The molecule has 0 heterocycles. The van der Waals surface area contributed by atoms with Gasteiger partial charge in [-0.25, -0.2) is 4.39 Å². The molecule has 0 aliphatic heterocycles. The molecular weight excluding hydrogens is 323 g/mol. The van der Waals surface area contributed by atoms with E-state index >= 15 is 0 Å². The van der Waals surface area contributed by atoms with E-state index in [1.54, 1.807) is 0 Å². The highest BCUT2D eigenvalue weighted by Crippen LogP contribution is 2.38. The number of hydrogen-bond acceptors (Lipinski definition) is 2. The first-order chi connectivity index (χ1) is 9.56. The summed E-state index contributed by atoms with van der Waals surface area (Å²) in [5, 5.41) is 0.880. The van der Waals surface area contributed by atoms with Crippen molar-refractivity contribution in [3.63, 3.8) is 0 Å². The van der Waals surface area contributed by atoms with Crippen molar-refractivity contribution in [2.75, 3.05) is 11.9 Å². The maximum Gasteiger partial charge on any atom is 0.163 e. The lowest BCUT2D eigenvalue weighted by Gasteiger charge is -2.35. The normalized spacial score (nSPS) is 17.8. The Morgan fingerprint density at radius 2 is 2.05 bits per heavy atom. The van der Waals surface area contributed by atoms with Gasteiger partial charge in [0.1, 0.15) is 11.6 Å². The zero-order valence-electron chi connectivity index (χ0n) is 11.8. The van der Waals surface area contributed by atoms with Crippen LogP contribution < -0.4 is 4.74 Å². The van der Waals surface area contributed by atoms with Gasteiger partial charge in [-0.2, -0.15) is 0 Å². The number of ether oxygens (including phenoxy) is 1. The molecule has 1 aromatic rings. The predicted molar refractivity (Wildman–Crippen MR) is 81.2 cm³/mol. The van der Waals surface area contributed by atoms with Crippen LogP contribution in [0, 0.1) is 11.2 Å². The van der Waals surface area contributed by atoms with E-state index in [-0.39, 0.29) is 17.0 Å². The summed E-state index contributed by atoms with van der Waals surface area (Å²) >= 11 is 3.58. The predicted octanol–water partition coefficient (Wildman–Crippen LogP) is 4.75. The summed E-state index contributed by atoms with van der Waals surface area (Å²) in [5.74, 6) is -0.110. The molecule has 0 bridgehead atoms. The van der Waals surface area contributed by atoms with Crippen molar-refractivity contribution in [2.24, 2.45) is 5.41 Å². The highest BCUT2D eigenvalue weighted by Gasteiger charge is 2.32. The Labute approximate surface area is 127 Å². The number of alkyl halides is 1. The van der Waals surface area contributed by atoms with Crippen LogP contribution in [0.15, 0.2) is 18.2 Å². The molecule has 1 saturated carbocycles. The van der Waals surface area contributed by atoms with Gasteiger partial charge < -0.3 is 4.74 Å². The molecule has 2 rings (SSSR count). The lowest BCUT2D eigenvalue weighted by molar-refractivity contribution is 0.0992. The first-order valence-electron chi connectivity index (χ1n) is 7.06. The molecule has 20 heavy (non-hydrogen) atoms. The van der Waals surface area contributed by atoms with Gasteiger partial charge in [-0.1, -0.05) is 35.2 Å². The molecule has 0 unspecified atom stereocenters. The molecule has 0 atom stereocenters. The van der Waals surface area contributed by atoms with Crippen LogP contribution >= 0.6 is 15.9 Å². The first-order valence-corrected chi connectivity index (χ1v) is 8.18. The zero-order chi connectivity index (χ0) is 14.6. The molecule has 1 aliphatic rings. The summed E-state index contributed by atoms with van der Waals surface area (Å²) in [6.45, 7) is 2.00. The molecular formula is C16H20BrFO2. The monoisotopic (exact) mass is 342 g/mol. The van der Waals surface area contributed by atoms with Crippen molar-refractivity contribution in [1.82, 2.24) is 0 Å². The summed E-state index contributed by atoms with van der Waals surface area (Å²) in [5.41, 5.74) is 0.561. The second-order valence-electron chi connectivity index (χ2n) is 5.68. The van der Waals surface area contributed by atoms with Crippen LogP contribution in [-0.2, 0) is 0 Å². The maximum absolute atomic E-state index is 13.4. The van der Waals surface area contributed by atoms with Crippen LogP contribution in [-0.4, -0.2) is 17.7 Å². The lowest BCUT2D eigenvalue weighted by atomic mass is 9.76. The molecule has 0 N–H and O–H groups in total. The van der Waals surface area contributed by atoms with Crippen molar-refractivity contribution in [2.45, 2.75) is 39.0 Å². The van der Waals surface area contributed by atoms with E-state index in [0.29, 0.717) is 17.9 Å². The molecule has 2 nitrogen and oxygen atoms in total. The van der Waals surface area contributed by atoms with Crippen LogP contribution in [0.4, 0.5) is 4.39 Å². The average Bonchev–Trinajstić information content (AvgIpc) is 2.46. The zero-order valence-corrected chi connectivity index (χ0v) is 13.3. The van der Waals surface area contributed by atoms with Gasteiger partial charge in [0.05, 0.1) is 12.2 Å². The Balaban J connectivity index is 2.13. The van der Waals surface area contributed by atoms with E-state index in [1.165, 1.54) is 44.4 Å². The molecule has 0 aromatic heterocycles. The summed E-state index contributed by atoms with van der Waals surface area (Å²) in [6, 6.07) is 4.10. The summed E-state index contributed by atoms with van der Waals surface area (Å²) in [4.78, 5) is 11.6. The molecule has 4 heteroatoms. The Morgan fingerprint density at radius 3 is 2.65 bits per heavy atom. The van der Waals surface area contributed by atoms with E-state index in [9.17, 15) is 9.18 Å². The summed E-state index contributed by atoms with van der Waals surface area (Å²) in [7, 11) is 0. The molecule has 0 amide bonds. The number of carbonyl (C=O) groups is 1. The maximum atomic E-state index is 13.4. The van der Waals surface area contributed by atoms with Crippen LogP contribution in [0.2, 0.25) is 0 Å². The van der Waals surface area contributed by atoms with Gasteiger partial charge in [0.25, 0.3) is 0 Å². The minimum atomic E-state index is -0.374. The van der Waals surface area contributed by atoms with Gasteiger partial charge in [-0.15, -0.1) is 0 Å². The quantitative estimate of drug-likeness (QED) is 0.570. The van der Waals surface area contributed by atoms with Gasteiger partial charge in [-0.3, -0.25) is 4.79 Å². The lowest BCUT2D eigenvalue weighted by Crippen LogP contribution is -2.33. The molecule has 0 saturated heterocycles. The third-order valence-electron chi connectivity index (χ3n) is 4.05. The fourth-order valence-electron chi connectivity index (χ4n) is 2.76. The fraction of sp³-hybridized carbons (Fsp3) is 0.562. The number of hydrogen-bond donors (Lipinski definition) is 0. The standard InChI is InChI=1S/C16H20BrFO2/c1-12(19)14-6-5-13(18)9-15(14)20-11-16(10-17)7-3-2-4-8-16/h5-6,9H,2-4,7-8,10-11H2,1H3. The molecule has 0 radical (unpaired) electrons. The Kier molecular flexibility index (Phi) is 5.19. The van der Waals surface area contributed by atoms with Crippen LogP contribution in [0.1, 0.15) is 49.4 Å². The third kappa shape index (κ3) is 3.60. The first kappa shape index (κ1) is 15.5. The smallest absolute Gasteiger partial charge is 0.163 e. The number of rotatable bonds is 5. The largest absolute Gasteiger partial charge is 0.492 e. The number of Topliss-reactive ketones (excluding diaryl/α,β-unsaturated/α-hetero) is 1. The van der Waals surface area contributed by atoms with Crippen LogP contribution in [0.5, 0.6) is 5.75 Å². The number of ketones is 1. The van der Waals surface area contributed by atoms with Crippen molar-refractivity contribution in [3.05, 3.63) is 29.6 Å². The molecule has 110 valence electrons. The van der Waals surface area contributed by atoms with E-state index in [0.717, 1.165) is 18.2 Å². The Bertz CT molecular complexity index is 481. The highest BCUT2D eigenvalue weighted by molar-refractivity contribution is 9.09. The van der Waals surface area contributed by atoms with Crippen LogP contribution in [0.3, 0.4) is 0 Å². The van der Waals surface area contributed by atoms with Crippen LogP contribution in [0.25, 0.3) is 0 Å². The molecule has 1 aliphatic carbocycles. The minimum absolute atomic E-state index is 0.100. The third-order valence-corrected chi connectivity index (χ3v) is 5.24. The Morgan fingerprint density at radius 1 is 1.35 bits per heavy atom. The van der Waals surface area contributed by atoms with E-state index in [4.69, 9.17) is 4.74 Å². The van der Waals surface area contributed by atoms with Crippen molar-refractivity contribution >= 4 is 21.7 Å². The van der Waals surface area contributed by atoms with Gasteiger partial charge in [0, 0.05) is 16.8 Å². The number of benzene rings is 1. The fourth-order valence-corrected chi connectivity index (χ4v) is 3.48. The van der Waals surface area contributed by atoms with E-state index < -0.39 is 0 Å². The van der Waals surface area contributed by atoms with Gasteiger partial charge in [0.2, 0.25) is 0 Å². The topological polar surface area (TPSA) is 26.3 Å². The van der Waals surface area contributed by atoms with Crippen molar-refractivity contribution < 1.29 is 13.9 Å². The minimum Gasteiger partial charge on any atom is -0.492 e. The van der Waals surface area contributed by atoms with Gasteiger partial charge >= 0.3 is 0 Å². The Hall–Kier alpha value is -0.900. The molecule has 0 spiro atoms. The number of carbonyl (C=O) groups excluding carboxylic acids is 1. The van der Waals surface area contributed by atoms with Gasteiger partial charge in [-0.05, 0) is 31.9 Å². The average molecular weight is 343 g/mol. The number of halogens is 2. The summed E-state index contributed by atoms with van der Waals surface area (Å²) in [6.07, 6.45) is 5.91.